The van der Waals surface area contributed by atoms with Gasteiger partial charge in [-0.15, -0.1) is 0 Å². The first-order valence-electron chi connectivity index (χ1n) is 6.51. The van der Waals surface area contributed by atoms with Gasteiger partial charge in [0.15, 0.2) is 0 Å². The average Bonchev–Trinajstić information content (AvgIpc) is 2.78. The van der Waals surface area contributed by atoms with Crippen molar-refractivity contribution >= 4 is 27.7 Å². The highest BCUT2D eigenvalue weighted by Crippen LogP contribution is 2.17. The second-order valence-electron chi connectivity index (χ2n) is 4.95. The molecule has 1 saturated heterocycles. The van der Waals surface area contributed by atoms with E-state index < -0.39 is 5.82 Å². The molecule has 1 atom stereocenters. The fourth-order valence-corrected chi connectivity index (χ4v) is 2.60. The zero-order chi connectivity index (χ0) is 14.7. The average molecular weight is 343 g/mol. The Morgan fingerprint density at radius 1 is 1.55 bits per heavy atom. The molecule has 1 aliphatic rings. The number of amides is 2. The standard InChI is InChI=1S/C14H16BrFN2O2/c1-9(8-18-6-2-3-13(18)19)17-14(20)10-4-5-12(16)11(15)7-10/h4-5,7,9H,2-3,6,8H2,1H3,(H,17,20). The molecule has 1 unspecified atom stereocenters. The molecule has 1 aromatic rings. The Morgan fingerprint density at radius 2 is 2.30 bits per heavy atom. The predicted molar refractivity (Wildman–Crippen MR) is 76.8 cm³/mol. The fraction of sp³-hybridized carbons (Fsp3) is 0.429. The van der Waals surface area contributed by atoms with Crippen LogP contribution >= 0.6 is 15.9 Å². The van der Waals surface area contributed by atoms with E-state index in [1.807, 2.05) is 6.92 Å². The Kier molecular flexibility index (Phi) is 4.75. The van der Waals surface area contributed by atoms with E-state index in [1.54, 1.807) is 4.90 Å². The minimum absolute atomic E-state index is 0.135. The number of hydrogen-bond acceptors (Lipinski definition) is 2. The summed E-state index contributed by atoms with van der Waals surface area (Å²) in [4.78, 5) is 25.3. The molecule has 1 heterocycles. The van der Waals surface area contributed by atoms with E-state index in [0.29, 0.717) is 18.5 Å². The third-order valence-corrected chi connectivity index (χ3v) is 3.83. The van der Waals surface area contributed by atoms with E-state index in [9.17, 15) is 14.0 Å². The maximum Gasteiger partial charge on any atom is 0.251 e. The number of nitrogens with zero attached hydrogens (tertiary/aromatic N) is 1. The summed E-state index contributed by atoms with van der Waals surface area (Å²) in [6.07, 6.45) is 1.47. The monoisotopic (exact) mass is 342 g/mol. The highest BCUT2D eigenvalue weighted by molar-refractivity contribution is 9.10. The van der Waals surface area contributed by atoms with Crippen molar-refractivity contribution in [2.75, 3.05) is 13.1 Å². The summed E-state index contributed by atoms with van der Waals surface area (Å²) in [6, 6.07) is 3.98. The maximum absolute atomic E-state index is 13.1. The molecule has 0 radical (unpaired) electrons. The Balaban J connectivity index is 1.93. The van der Waals surface area contributed by atoms with E-state index >= 15 is 0 Å². The lowest BCUT2D eigenvalue weighted by molar-refractivity contribution is -0.127. The van der Waals surface area contributed by atoms with Crippen LogP contribution in [0.5, 0.6) is 0 Å². The van der Waals surface area contributed by atoms with Gasteiger partial charge in [-0.1, -0.05) is 0 Å². The lowest BCUT2D eigenvalue weighted by Crippen LogP contribution is -2.42. The number of benzene rings is 1. The van der Waals surface area contributed by atoms with Gasteiger partial charge in [-0.3, -0.25) is 9.59 Å². The van der Waals surface area contributed by atoms with Crippen LogP contribution in [0.25, 0.3) is 0 Å². The van der Waals surface area contributed by atoms with Gasteiger partial charge in [0.25, 0.3) is 5.91 Å². The summed E-state index contributed by atoms with van der Waals surface area (Å²) >= 11 is 3.05. The van der Waals surface area contributed by atoms with E-state index in [1.165, 1.54) is 18.2 Å². The molecule has 1 aliphatic heterocycles. The van der Waals surface area contributed by atoms with Gasteiger partial charge in [-0.05, 0) is 47.5 Å². The highest BCUT2D eigenvalue weighted by Gasteiger charge is 2.22. The first-order chi connectivity index (χ1) is 9.47. The van der Waals surface area contributed by atoms with Crippen LogP contribution < -0.4 is 5.32 Å². The third kappa shape index (κ3) is 3.56. The maximum atomic E-state index is 13.1. The van der Waals surface area contributed by atoms with Crippen molar-refractivity contribution in [1.29, 1.82) is 0 Å². The molecule has 0 aliphatic carbocycles. The molecule has 1 fully saturated rings. The van der Waals surface area contributed by atoms with Crippen LogP contribution in [-0.4, -0.2) is 35.8 Å². The molecular weight excluding hydrogens is 327 g/mol. The van der Waals surface area contributed by atoms with Crippen LogP contribution in [0, 0.1) is 5.82 Å². The van der Waals surface area contributed by atoms with Crippen molar-refractivity contribution in [3.05, 3.63) is 34.1 Å². The summed E-state index contributed by atoms with van der Waals surface area (Å²) in [7, 11) is 0. The zero-order valence-corrected chi connectivity index (χ0v) is 12.7. The van der Waals surface area contributed by atoms with Crippen LogP contribution in [0.15, 0.2) is 22.7 Å². The molecule has 1 aromatic carbocycles. The van der Waals surface area contributed by atoms with E-state index in [4.69, 9.17) is 0 Å². The Morgan fingerprint density at radius 3 is 2.90 bits per heavy atom. The van der Waals surface area contributed by atoms with Gasteiger partial charge in [-0.2, -0.15) is 0 Å². The largest absolute Gasteiger partial charge is 0.348 e. The fourth-order valence-electron chi connectivity index (χ4n) is 2.22. The summed E-state index contributed by atoms with van der Waals surface area (Å²) in [6.45, 7) is 3.11. The first kappa shape index (κ1) is 15.0. The van der Waals surface area contributed by atoms with Crippen molar-refractivity contribution < 1.29 is 14.0 Å². The van der Waals surface area contributed by atoms with Crippen LogP contribution in [-0.2, 0) is 4.79 Å². The molecule has 4 nitrogen and oxygen atoms in total. The molecule has 20 heavy (non-hydrogen) atoms. The van der Waals surface area contributed by atoms with Gasteiger partial charge in [0.05, 0.1) is 4.47 Å². The van der Waals surface area contributed by atoms with Crippen molar-refractivity contribution in [3.8, 4) is 0 Å². The van der Waals surface area contributed by atoms with Crippen molar-refractivity contribution in [2.45, 2.75) is 25.8 Å². The molecule has 0 saturated carbocycles. The lowest BCUT2D eigenvalue weighted by atomic mass is 10.2. The van der Waals surface area contributed by atoms with Crippen LogP contribution in [0.1, 0.15) is 30.1 Å². The van der Waals surface area contributed by atoms with Crippen LogP contribution in [0.4, 0.5) is 4.39 Å². The highest BCUT2D eigenvalue weighted by atomic mass is 79.9. The lowest BCUT2D eigenvalue weighted by Gasteiger charge is -2.21. The predicted octanol–water partition coefficient (Wildman–Crippen LogP) is 2.33. The van der Waals surface area contributed by atoms with E-state index in [0.717, 1.165) is 13.0 Å². The molecule has 108 valence electrons. The van der Waals surface area contributed by atoms with Gasteiger partial charge in [-0.25, -0.2) is 4.39 Å². The Hall–Kier alpha value is -1.43. The van der Waals surface area contributed by atoms with Gasteiger partial charge < -0.3 is 10.2 Å². The van der Waals surface area contributed by atoms with E-state index in [-0.39, 0.29) is 22.3 Å². The SMILES string of the molecule is CC(CN1CCCC1=O)NC(=O)c1ccc(F)c(Br)c1. The summed E-state index contributed by atoms with van der Waals surface area (Å²) in [5.74, 6) is -0.544. The summed E-state index contributed by atoms with van der Waals surface area (Å²) in [5, 5.41) is 2.81. The number of carbonyl (C=O) groups excluding carboxylic acids is 2. The normalized spacial score (nSPS) is 16.4. The minimum atomic E-state index is -0.405. The van der Waals surface area contributed by atoms with Gasteiger partial charge in [0.1, 0.15) is 5.82 Å². The number of hydrogen-bond donors (Lipinski definition) is 1. The number of halogens is 2. The smallest absolute Gasteiger partial charge is 0.251 e. The van der Waals surface area contributed by atoms with Gasteiger partial charge >= 0.3 is 0 Å². The van der Waals surface area contributed by atoms with E-state index in [2.05, 4.69) is 21.2 Å². The zero-order valence-electron chi connectivity index (χ0n) is 11.2. The summed E-state index contributed by atoms with van der Waals surface area (Å²) < 4.78 is 13.4. The van der Waals surface area contributed by atoms with Crippen LogP contribution in [0.2, 0.25) is 0 Å². The first-order valence-corrected chi connectivity index (χ1v) is 7.30. The van der Waals surface area contributed by atoms with Gasteiger partial charge in [0.2, 0.25) is 5.91 Å². The minimum Gasteiger partial charge on any atom is -0.348 e. The van der Waals surface area contributed by atoms with Crippen molar-refractivity contribution in [3.63, 3.8) is 0 Å². The quantitative estimate of drug-likeness (QED) is 0.912. The molecule has 2 amide bonds. The number of rotatable bonds is 4. The Labute approximate surface area is 125 Å². The summed E-state index contributed by atoms with van der Waals surface area (Å²) in [5.41, 5.74) is 0.387. The number of carbonyl (C=O) groups is 2. The molecular formula is C14H16BrFN2O2. The second kappa shape index (κ2) is 6.35. The molecule has 6 heteroatoms. The second-order valence-corrected chi connectivity index (χ2v) is 5.80. The van der Waals surface area contributed by atoms with Crippen molar-refractivity contribution in [1.82, 2.24) is 10.2 Å². The molecule has 1 N–H and O–H groups in total. The van der Waals surface area contributed by atoms with Crippen molar-refractivity contribution in [2.24, 2.45) is 0 Å². The van der Waals surface area contributed by atoms with Gasteiger partial charge in [0, 0.05) is 31.1 Å². The number of likely N-dealkylation sites (tertiary alicyclic amines) is 1. The topological polar surface area (TPSA) is 49.4 Å². The number of nitrogens with one attached hydrogen (secondary N) is 1. The van der Waals surface area contributed by atoms with Crippen LogP contribution in [0.3, 0.4) is 0 Å². The molecule has 2 rings (SSSR count). The molecule has 0 spiro atoms. The Bertz CT molecular complexity index is 536. The molecule has 0 aromatic heterocycles. The third-order valence-electron chi connectivity index (χ3n) is 3.22. The molecule has 0 bridgehead atoms.